The maximum Gasteiger partial charge on any atom is 0.340 e. The molecule has 0 unspecified atom stereocenters. The first-order chi connectivity index (χ1) is 12.7. The molecule has 1 heterocycles. The van der Waals surface area contributed by atoms with Crippen LogP contribution in [0.2, 0.25) is 0 Å². The highest BCUT2D eigenvalue weighted by Crippen LogP contribution is 2.22. The lowest BCUT2D eigenvalue weighted by atomic mass is 10.2. The minimum Gasteiger partial charge on any atom is -0.462 e. The molecule has 0 saturated carbocycles. The summed E-state index contributed by atoms with van der Waals surface area (Å²) < 4.78 is 10.2. The number of nitrogens with one attached hydrogen (secondary N) is 2. The third kappa shape index (κ3) is 4.07. The smallest absolute Gasteiger partial charge is 0.340 e. The van der Waals surface area contributed by atoms with Crippen LogP contribution in [0.5, 0.6) is 0 Å². The number of benzene rings is 2. The maximum absolute atomic E-state index is 12.2. The molecule has 26 heavy (non-hydrogen) atoms. The third-order valence-corrected chi connectivity index (χ3v) is 3.48. The third-order valence-electron chi connectivity index (χ3n) is 3.48. The minimum absolute atomic E-state index is 0.251. The van der Waals surface area contributed by atoms with Gasteiger partial charge in [0.2, 0.25) is 0 Å². The molecule has 0 bridgehead atoms. The zero-order valence-electron chi connectivity index (χ0n) is 14.1. The van der Waals surface area contributed by atoms with Gasteiger partial charge in [0.25, 0.3) is 0 Å². The SMILES string of the molecule is CCOC(=O)c1ccccc1NC(=O)Nc1cc(-c2ccccc2)on1. The highest BCUT2D eigenvalue weighted by atomic mass is 16.5. The van der Waals surface area contributed by atoms with E-state index in [9.17, 15) is 9.59 Å². The van der Waals surface area contributed by atoms with Crippen LogP contribution in [0.1, 0.15) is 17.3 Å². The Morgan fingerprint density at radius 2 is 1.77 bits per heavy atom. The average molecular weight is 351 g/mol. The van der Waals surface area contributed by atoms with Gasteiger partial charge in [-0.1, -0.05) is 47.6 Å². The van der Waals surface area contributed by atoms with E-state index in [2.05, 4.69) is 15.8 Å². The second-order valence-corrected chi connectivity index (χ2v) is 5.29. The topological polar surface area (TPSA) is 93.5 Å². The van der Waals surface area contributed by atoms with Gasteiger partial charge in [-0.25, -0.2) is 9.59 Å². The number of anilines is 2. The van der Waals surface area contributed by atoms with Gasteiger partial charge in [0.1, 0.15) is 0 Å². The molecule has 0 fully saturated rings. The lowest BCUT2D eigenvalue weighted by molar-refractivity contribution is 0.0527. The molecule has 0 atom stereocenters. The number of hydrogen-bond acceptors (Lipinski definition) is 5. The standard InChI is InChI=1S/C19H17N3O4/c1-2-25-18(23)14-10-6-7-11-15(14)20-19(24)21-17-12-16(26-22-17)13-8-4-3-5-9-13/h3-12H,2H2,1H3,(H2,20,21,22,24). The second kappa shape index (κ2) is 7.98. The Balaban J connectivity index is 1.69. The normalized spacial score (nSPS) is 10.2. The molecule has 0 radical (unpaired) electrons. The predicted molar refractivity (Wildman–Crippen MR) is 97.0 cm³/mol. The second-order valence-electron chi connectivity index (χ2n) is 5.29. The molecule has 3 rings (SSSR count). The molecule has 2 aromatic carbocycles. The van der Waals surface area contributed by atoms with Crippen LogP contribution in [-0.4, -0.2) is 23.8 Å². The van der Waals surface area contributed by atoms with Crippen LogP contribution in [-0.2, 0) is 4.74 Å². The Morgan fingerprint density at radius 1 is 1.04 bits per heavy atom. The van der Waals surface area contributed by atoms with E-state index in [0.717, 1.165) is 5.56 Å². The van der Waals surface area contributed by atoms with Gasteiger partial charge in [-0.2, -0.15) is 0 Å². The Hall–Kier alpha value is -3.61. The van der Waals surface area contributed by atoms with Crippen LogP contribution in [0.3, 0.4) is 0 Å². The summed E-state index contributed by atoms with van der Waals surface area (Å²) in [5, 5.41) is 9.01. The number of nitrogens with zero attached hydrogens (tertiary/aromatic N) is 1. The largest absolute Gasteiger partial charge is 0.462 e. The lowest BCUT2D eigenvalue weighted by Crippen LogP contribution is -2.21. The quantitative estimate of drug-likeness (QED) is 0.673. The Bertz CT molecular complexity index is 906. The van der Waals surface area contributed by atoms with Crippen LogP contribution in [0.25, 0.3) is 11.3 Å². The number of hydrogen-bond donors (Lipinski definition) is 2. The molecule has 3 aromatic rings. The van der Waals surface area contributed by atoms with Crippen molar-refractivity contribution in [2.75, 3.05) is 17.2 Å². The zero-order valence-corrected chi connectivity index (χ0v) is 14.1. The van der Waals surface area contributed by atoms with Crippen molar-refractivity contribution >= 4 is 23.5 Å². The van der Waals surface area contributed by atoms with Gasteiger partial charge in [0.05, 0.1) is 17.9 Å². The van der Waals surface area contributed by atoms with E-state index in [0.29, 0.717) is 11.4 Å². The van der Waals surface area contributed by atoms with E-state index < -0.39 is 12.0 Å². The summed E-state index contributed by atoms with van der Waals surface area (Å²) >= 11 is 0. The summed E-state index contributed by atoms with van der Waals surface area (Å²) in [5.41, 5.74) is 1.46. The van der Waals surface area contributed by atoms with Gasteiger partial charge in [0, 0.05) is 11.6 Å². The molecule has 0 spiro atoms. The van der Waals surface area contributed by atoms with Gasteiger partial charge in [-0.3, -0.25) is 5.32 Å². The van der Waals surface area contributed by atoms with E-state index in [1.807, 2.05) is 30.3 Å². The minimum atomic E-state index is -0.547. The summed E-state index contributed by atoms with van der Waals surface area (Å²) in [6.07, 6.45) is 0. The molecule has 0 aliphatic rings. The van der Waals surface area contributed by atoms with Crippen molar-refractivity contribution in [2.45, 2.75) is 6.92 Å². The monoisotopic (exact) mass is 351 g/mol. The van der Waals surface area contributed by atoms with Gasteiger partial charge in [-0.05, 0) is 19.1 Å². The number of carbonyl (C=O) groups excluding carboxylic acids is 2. The fourth-order valence-corrected chi connectivity index (χ4v) is 2.32. The van der Waals surface area contributed by atoms with E-state index in [-0.39, 0.29) is 18.0 Å². The first-order valence-electron chi connectivity index (χ1n) is 8.03. The average Bonchev–Trinajstić information content (AvgIpc) is 3.11. The Morgan fingerprint density at radius 3 is 2.54 bits per heavy atom. The number of ether oxygens (including phenoxy) is 1. The molecular formula is C19H17N3O4. The highest BCUT2D eigenvalue weighted by molar-refractivity contribution is 6.04. The van der Waals surface area contributed by atoms with Crippen molar-refractivity contribution < 1.29 is 18.8 Å². The highest BCUT2D eigenvalue weighted by Gasteiger charge is 2.15. The molecule has 132 valence electrons. The molecule has 0 aliphatic heterocycles. The Labute approximate surface area is 150 Å². The summed E-state index contributed by atoms with van der Waals surface area (Å²) in [5.74, 6) is 0.291. The van der Waals surface area contributed by atoms with Crippen LogP contribution in [0, 0.1) is 0 Å². The maximum atomic E-state index is 12.2. The number of carbonyl (C=O) groups is 2. The molecule has 0 saturated heterocycles. The van der Waals surface area contributed by atoms with Crippen LogP contribution in [0.4, 0.5) is 16.3 Å². The van der Waals surface area contributed by atoms with E-state index in [4.69, 9.17) is 9.26 Å². The van der Waals surface area contributed by atoms with Crippen molar-refractivity contribution in [1.29, 1.82) is 0 Å². The van der Waals surface area contributed by atoms with Gasteiger partial charge < -0.3 is 14.6 Å². The molecule has 7 nitrogen and oxygen atoms in total. The van der Waals surface area contributed by atoms with Gasteiger partial charge in [0.15, 0.2) is 11.6 Å². The summed E-state index contributed by atoms with van der Waals surface area (Å²) in [6.45, 7) is 1.97. The lowest BCUT2D eigenvalue weighted by Gasteiger charge is -2.10. The molecule has 0 aliphatic carbocycles. The number of para-hydroxylation sites is 1. The number of rotatable bonds is 5. The summed E-state index contributed by atoms with van der Waals surface area (Å²) in [6, 6.07) is 17.1. The molecule has 2 N–H and O–H groups in total. The first kappa shape index (κ1) is 17.2. The van der Waals surface area contributed by atoms with E-state index >= 15 is 0 Å². The number of amides is 2. The van der Waals surface area contributed by atoms with Crippen molar-refractivity contribution in [1.82, 2.24) is 5.16 Å². The van der Waals surface area contributed by atoms with E-state index in [1.54, 1.807) is 37.3 Å². The fourth-order valence-electron chi connectivity index (χ4n) is 2.32. The predicted octanol–water partition coefficient (Wildman–Crippen LogP) is 4.16. The number of esters is 1. The van der Waals surface area contributed by atoms with E-state index in [1.165, 1.54) is 0 Å². The van der Waals surface area contributed by atoms with Gasteiger partial charge >= 0.3 is 12.0 Å². The Kier molecular flexibility index (Phi) is 5.28. The molecule has 7 heteroatoms. The van der Waals surface area contributed by atoms with Gasteiger partial charge in [-0.15, -0.1) is 0 Å². The fraction of sp³-hybridized carbons (Fsp3) is 0.105. The molecule has 1 aromatic heterocycles. The summed E-state index contributed by atoms with van der Waals surface area (Å²) in [4.78, 5) is 24.1. The van der Waals surface area contributed by atoms with Crippen LogP contribution in [0.15, 0.2) is 65.2 Å². The summed E-state index contributed by atoms with van der Waals surface area (Å²) in [7, 11) is 0. The van der Waals surface area contributed by atoms with Crippen LogP contribution < -0.4 is 10.6 Å². The van der Waals surface area contributed by atoms with Crippen molar-refractivity contribution in [3.8, 4) is 11.3 Å². The van der Waals surface area contributed by atoms with Crippen LogP contribution >= 0.6 is 0 Å². The first-order valence-corrected chi connectivity index (χ1v) is 8.03. The van der Waals surface area contributed by atoms with Crippen molar-refractivity contribution in [3.05, 3.63) is 66.2 Å². The molecular weight excluding hydrogens is 334 g/mol. The number of urea groups is 1. The van der Waals surface area contributed by atoms with Crippen molar-refractivity contribution in [2.24, 2.45) is 0 Å². The zero-order chi connectivity index (χ0) is 18.4. The molecule has 2 amide bonds. The number of aromatic nitrogens is 1. The van der Waals surface area contributed by atoms with Crippen molar-refractivity contribution in [3.63, 3.8) is 0 Å².